The van der Waals surface area contributed by atoms with Gasteiger partial charge in [0.2, 0.25) is 0 Å². The molecule has 0 bridgehead atoms. The Morgan fingerprint density at radius 1 is 1.21 bits per heavy atom. The monoisotopic (exact) mass is 270 g/mol. The van der Waals surface area contributed by atoms with Crippen LogP contribution in [0, 0.1) is 18.3 Å². The average molecular weight is 271 g/mol. The molecule has 2 nitrogen and oxygen atoms in total. The molecule has 19 heavy (non-hydrogen) atoms. The number of rotatable bonds is 3. The number of nitrogens with one attached hydrogen (secondary N) is 1. The van der Waals surface area contributed by atoms with Gasteiger partial charge in [0, 0.05) is 16.8 Å². The van der Waals surface area contributed by atoms with E-state index in [1.54, 1.807) is 0 Å². The predicted molar refractivity (Wildman–Crippen MR) is 79.4 cm³/mol. The Morgan fingerprint density at radius 3 is 2.63 bits per heavy atom. The van der Waals surface area contributed by atoms with E-state index in [9.17, 15) is 0 Å². The maximum Gasteiger partial charge on any atom is 0.0992 e. The molecular formula is C16H15ClN2. The molecule has 0 aliphatic heterocycles. The van der Waals surface area contributed by atoms with Crippen LogP contribution in [0.15, 0.2) is 42.5 Å². The van der Waals surface area contributed by atoms with Gasteiger partial charge in [0.15, 0.2) is 0 Å². The van der Waals surface area contributed by atoms with Crippen molar-refractivity contribution in [3.8, 4) is 6.07 Å². The molecule has 0 amide bonds. The van der Waals surface area contributed by atoms with Crippen LogP contribution in [0.4, 0.5) is 5.69 Å². The number of anilines is 1. The lowest BCUT2D eigenvalue weighted by Gasteiger charge is -2.18. The lowest BCUT2D eigenvalue weighted by Crippen LogP contribution is -2.08. The van der Waals surface area contributed by atoms with Crippen molar-refractivity contribution in [3.63, 3.8) is 0 Å². The zero-order valence-corrected chi connectivity index (χ0v) is 11.7. The number of nitriles is 1. The Kier molecular flexibility index (Phi) is 4.09. The van der Waals surface area contributed by atoms with Crippen LogP contribution in [-0.4, -0.2) is 0 Å². The predicted octanol–water partition coefficient (Wildman–Crippen LogP) is 4.69. The summed E-state index contributed by atoms with van der Waals surface area (Å²) in [6.07, 6.45) is 0. The standard InChI is InChI=1S/C16H15ClN2/c1-11-7-8-13(10-18)9-16(11)19-12(2)14-5-3-4-6-15(14)17/h3-9,12,19H,1-2H3. The van der Waals surface area contributed by atoms with Crippen LogP contribution in [0.5, 0.6) is 0 Å². The van der Waals surface area contributed by atoms with E-state index in [0.717, 1.165) is 21.8 Å². The van der Waals surface area contributed by atoms with Crippen LogP contribution in [0.3, 0.4) is 0 Å². The van der Waals surface area contributed by atoms with Gasteiger partial charge in [-0.1, -0.05) is 35.9 Å². The van der Waals surface area contributed by atoms with Crippen molar-refractivity contribution in [1.29, 1.82) is 5.26 Å². The van der Waals surface area contributed by atoms with Crippen molar-refractivity contribution >= 4 is 17.3 Å². The van der Waals surface area contributed by atoms with E-state index in [-0.39, 0.29) is 6.04 Å². The molecule has 0 radical (unpaired) electrons. The number of aryl methyl sites for hydroxylation is 1. The summed E-state index contributed by atoms with van der Waals surface area (Å²) in [5.74, 6) is 0. The summed E-state index contributed by atoms with van der Waals surface area (Å²) in [5.41, 5.74) is 3.77. The zero-order chi connectivity index (χ0) is 13.8. The number of hydrogen-bond donors (Lipinski definition) is 1. The molecule has 1 atom stereocenters. The summed E-state index contributed by atoms with van der Waals surface area (Å²) in [4.78, 5) is 0. The van der Waals surface area contributed by atoms with Crippen molar-refractivity contribution in [2.75, 3.05) is 5.32 Å². The van der Waals surface area contributed by atoms with Gasteiger partial charge in [-0.25, -0.2) is 0 Å². The summed E-state index contributed by atoms with van der Waals surface area (Å²) >= 11 is 6.19. The molecule has 0 saturated heterocycles. The molecular weight excluding hydrogens is 256 g/mol. The summed E-state index contributed by atoms with van der Waals surface area (Å²) < 4.78 is 0. The SMILES string of the molecule is Cc1ccc(C#N)cc1NC(C)c1ccccc1Cl. The van der Waals surface area contributed by atoms with Gasteiger partial charge >= 0.3 is 0 Å². The Bertz CT molecular complexity index is 629. The third kappa shape index (κ3) is 3.07. The number of nitrogens with zero attached hydrogens (tertiary/aromatic N) is 1. The number of benzene rings is 2. The Hall–Kier alpha value is -1.98. The van der Waals surface area contributed by atoms with Gasteiger partial charge < -0.3 is 5.32 Å². The summed E-state index contributed by atoms with van der Waals surface area (Å²) in [7, 11) is 0. The largest absolute Gasteiger partial charge is 0.378 e. The van der Waals surface area contributed by atoms with Crippen LogP contribution in [0.1, 0.15) is 29.7 Å². The maximum atomic E-state index is 8.95. The van der Waals surface area contributed by atoms with Crippen LogP contribution in [0.2, 0.25) is 5.02 Å². The van der Waals surface area contributed by atoms with Crippen LogP contribution >= 0.6 is 11.6 Å². The quantitative estimate of drug-likeness (QED) is 0.878. The molecule has 96 valence electrons. The summed E-state index contributed by atoms with van der Waals surface area (Å²) in [5, 5.41) is 13.1. The normalized spacial score (nSPS) is 11.7. The van der Waals surface area contributed by atoms with E-state index in [1.165, 1.54) is 0 Å². The van der Waals surface area contributed by atoms with E-state index in [4.69, 9.17) is 16.9 Å². The third-order valence-electron chi connectivity index (χ3n) is 3.11. The van der Waals surface area contributed by atoms with Crippen molar-refractivity contribution < 1.29 is 0 Å². The Balaban J connectivity index is 2.27. The first-order valence-corrected chi connectivity index (χ1v) is 6.51. The highest BCUT2D eigenvalue weighted by atomic mass is 35.5. The molecule has 2 rings (SSSR count). The van der Waals surface area contributed by atoms with Crippen molar-refractivity contribution in [2.24, 2.45) is 0 Å². The first-order chi connectivity index (χ1) is 9.11. The van der Waals surface area contributed by atoms with Gasteiger partial charge in [-0.15, -0.1) is 0 Å². The topological polar surface area (TPSA) is 35.8 Å². The van der Waals surface area contributed by atoms with Crippen LogP contribution < -0.4 is 5.32 Å². The molecule has 0 aromatic heterocycles. The molecule has 0 saturated carbocycles. The lowest BCUT2D eigenvalue weighted by atomic mass is 10.1. The first kappa shape index (κ1) is 13.5. The van der Waals surface area contributed by atoms with Gasteiger partial charge in [-0.2, -0.15) is 5.26 Å². The fourth-order valence-electron chi connectivity index (χ4n) is 1.98. The Morgan fingerprint density at radius 2 is 1.95 bits per heavy atom. The van der Waals surface area contributed by atoms with Crippen molar-refractivity contribution in [3.05, 3.63) is 64.2 Å². The minimum Gasteiger partial charge on any atom is -0.378 e. The molecule has 0 heterocycles. The minimum absolute atomic E-state index is 0.0846. The zero-order valence-electron chi connectivity index (χ0n) is 10.9. The van der Waals surface area contributed by atoms with Gasteiger partial charge in [0.05, 0.1) is 11.6 Å². The lowest BCUT2D eigenvalue weighted by molar-refractivity contribution is 0.883. The molecule has 0 fully saturated rings. The molecule has 0 spiro atoms. The number of hydrogen-bond acceptors (Lipinski definition) is 2. The maximum absolute atomic E-state index is 8.95. The molecule has 1 N–H and O–H groups in total. The van der Waals surface area contributed by atoms with Gasteiger partial charge in [0.1, 0.15) is 0 Å². The second-order valence-corrected chi connectivity index (χ2v) is 4.94. The highest BCUT2D eigenvalue weighted by molar-refractivity contribution is 6.31. The Labute approximate surface area is 118 Å². The van der Waals surface area contributed by atoms with Gasteiger partial charge in [-0.3, -0.25) is 0 Å². The van der Waals surface area contributed by atoms with E-state index in [2.05, 4.69) is 18.3 Å². The van der Waals surface area contributed by atoms with E-state index in [1.807, 2.05) is 49.4 Å². The third-order valence-corrected chi connectivity index (χ3v) is 3.45. The van der Waals surface area contributed by atoms with Crippen LogP contribution in [-0.2, 0) is 0 Å². The summed E-state index contributed by atoms with van der Waals surface area (Å²) in [6.45, 7) is 4.07. The highest BCUT2D eigenvalue weighted by Crippen LogP contribution is 2.27. The van der Waals surface area contributed by atoms with Crippen molar-refractivity contribution in [1.82, 2.24) is 0 Å². The molecule has 2 aromatic rings. The second-order valence-electron chi connectivity index (χ2n) is 4.53. The van der Waals surface area contributed by atoms with Gasteiger partial charge in [-0.05, 0) is 43.2 Å². The minimum atomic E-state index is 0.0846. The average Bonchev–Trinajstić information content (AvgIpc) is 2.41. The van der Waals surface area contributed by atoms with Crippen molar-refractivity contribution in [2.45, 2.75) is 19.9 Å². The summed E-state index contributed by atoms with van der Waals surface area (Å²) in [6, 6.07) is 15.6. The van der Waals surface area contributed by atoms with E-state index < -0.39 is 0 Å². The van der Waals surface area contributed by atoms with E-state index >= 15 is 0 Å². The number of halogens is 1. The van der Waals surface area contributed by atoms with Crippen LogP contribution in [0.25, 0.3) is 0 Å². The molecule has 0 aliphatic carbocycles. The fraction of sp³-hybridized carbons (Fsp3) is 0.188. The van der Waals surface area contributed by atoms with Gasteiger partial charge in [0.25, 0.3) is 0 Å². The molecule has 3 heteroatoms. The molecule has 1 unspecified atom stereocenters. The highest BCUT2D eigenvalue weighted by Gasteiger charge is 2.10. The first-order valence-electron chi connectivity index (χ1n) is 6.13. The molecule has 2 aromatic carbocycles. The smallest absolute Gasteiger partial charge is 0.0992 e. The van der Waals surface area contributed by atoms with E-state index in [0.29, 0.717) is 5.56 Å². The second kappa shape index (κ2) is 5.77. The fourth-order valence-corrected chi connectivity index (χ4v) is 2.28. The molecule has 0 aliphatic rings.